The van der Waals surface area contributed by atoms with Crippen LogP contribution >= 0.6 is 0 Å². The molecule has 0 radical (unpaired) electrons. The molecule has 0 fully saturated rings. The maximum atomic E-state index is 7.13. The standard InChI is InChI=1S/C56H46N2O2/c1-33-11-19-37(20-12-33)57(38-21-13-34(2)14-22-38)41-27-29-43-49(31-41)59-55-47-9-6-10-48-52(47)51-45(53(43)55)7-5-8-46(51)54-44-30-28-42(32-50(44)60-56(48)54)58(39-23-15-35(3)16-24-39)40-25-17-36(4)18-26-40/h11-32H,5-10H2,1-4H3. The van der Waals surface area contributed by atoms with Crippen LogP contribution in [0.15, 0.2) is 142 Å². The maximum Gasteiger partial charge on any atom is 0.139 e. The molecule has 0 unspecified atom stereocenters. The molecule has 0 N–H and O–H groups in total. The summed E-state index contributed by atoms with van der Waals surface area (Å²) in [5.74, 6) is 0. The zero-order chi connectivity index (χ0) is 40.2. The van der Waals surface area contributed by atoms with Crippen LogP contribution in [0.4, 0.5) is 34.1 Å². The molecule has 0 spiro atoms. The van der Waals surface area contributed by atoms with Gasteiger partial charge in [0.25, 0.3) is 0 Å². The van der Waals surface area contributed by atoms with Gasteiger partial charge in [-0.3, -0.25) is 0 Å². The van der Waals surface area contributed by atoms with Crippen LogP contribution in [0.2, 0.25) is 0 Å². The first-order valence-corrected chi connectivity index (χ1v) is 21.6. The van der Waals surface area contributed by atoms with Crippen molar-refractivity contribution in [3.63, 3.8) is 0 Å². The zero-order valence-corrected chi connectivity index (χ0v) is 34.7. The number of benzene rings is 8. The number of furan rings is 2. The molecule has 0 atom stereocenters. The first-order valence-electron chi connectivity index (χ1n) is 21.6. The summed E-state index contributed by atoms with van der Waals surface area (Å²) in [6, 6.07) is 49.0. The summed E-state index contributed by atoms with van der Waals surface area (Å²) in [6.45, 7) is 8.57. The first-order chi connectivity index (χ1) is 29.4. The van der Waals surface area contributed by atoms with Crippen LogP contribution in [0.25, 0.3) is 54.6 Å². The predicted octanol–water partition coefficient (Wildman–Crippen LogP) is 15.8. The van der Waals surface area contributed by atoms with Crippen LogP contribution in [-0.2, 0) is 25.7 Å². The number of hydrogen-bond donors (Lipinski definition) is 0. The molecular formula is C56H46N2O2. The van der Waals surface area contributed by atoms with Gasteiger partial charge in [-0.05, 0) is 161 Å². The highest BCUT2D eigenvalue weighted by Crippen LogP contribution is 2.52. The number of hydrogen-bond acceptors (Lipinski definition) is 4. The lowest BCUT2D eigenvalue weighted by Crippen LogP contribution is -2.10. The minimum absolute atomic E-state index is 0.946. The van der Waals surface area contributed by atoms with E-state index in [0.717, 1.165) is 95.0 Å². The fraction of sp³-hybridized carbons (Fsp3) is 0.179. The molecule has 10 aromatic rings. The van der Waals surface area contributed by atoms with Gasteiger partial charge in [-0.15, -0.1) is 0 Å². The summed E-state index contributed by atoms with van der Waals surface area (Å²) in [5.41, 5.74) is 21.3. The number of nitrogens with zero attached hydrogens (tertiary/aromatic N) is 2. The highest BCUT2D eigenvalue weighted by Gasteiger charge is 2.32. The number of aryl methyl sites for hydroxylation is 8. The molecule has 12 rings (SSSR count). The van der Waals surface area contributed by atoms with E-state index in [2.05, 4.69) is 171 Å². The van der Waals surface area contributed by atoms with E-state index in [0.29, 0.717) is 0 Å². The van der Waals surface area contributed by atoms with Crippen LogP contribution < -0.4 is 9.80 Å². The highest BCUT2D eigenvalue weighted by atomic mass is 16.3. The normalized spacial score (nSPS) is 13.6. The fourth-order valence-electron chi connectivity index (χ4n) is 10.4. The van der Waals surface area contributed by atoms with Gasteiger partial charge in [0.15, 0.2) is 0 Å². The van der Waals surface area contributed by atoms with Gasteiger partial charge in [0.05, 0.1) is 0 Å². The van der Waals surface area contributed by atoms with Gasteiger partial charge in [-0.1, -0.05) is 70.8 Å². The van der Waals surface area contributed by atoms with Crippen molar-refractivity contribution >= 4 is 88.8 Å². The molecule has 2 aromatic heterocycles. The monoisotopic (exact) mass is 778 g/mol. The zero-order valence-electron chi connectivity index (χ0n) is 34.7. The molecular weight excluding hydrogens is 733 g/mol. The summed E-state index contributed by atoms with van der Waals surface area (Å²) in [7, 11) is 0. The third kappa shape index (κ3) is 5.36. The van der Waals surface area contributed by atoms with Crippen LogP contribution in [0.5, 0.6) is 0 Å². The Morgan fingerprint density at radius 1 is 0.333 bits per heavy atom. The lowest BCUT2D eigenvalue weighted by Gasteiger charge is -2.26. The van der Waals surface area contributed by atoms with E-state index in [1.165, 1.54) is 76.8 Å². The van der Waals surface area contributed by atoms with E-state index in [9.17, 15) is 0 Å². The van der Waals surface area contributed by atoms with Gasteiger partial charge < -0.3 is 18.6 Å². The average molecular weight is 779 g/mol. The highest BCUT2D eigenvalue weighted by molar-refractivity contribution is 6.23. The Balaban J connectivity index is 1.06. The molecule has 60 heavy (non-hydrogen) atoms. The van der Waals surface area contributed by atoms with Gasteiger partial charge in [0.1, 0.15) is 22.3 Å². The summed E-state index contributed by atoms with van der Waals surface area (Å²) in [4.78, 5) is 4.69. The van der Waals surface area contributed by atoms with E-state index in [-0.39, 0.29) is 0 Å². The van der Waals surface area contributed by atoms with Crippen molar-refractivity contribution in [2.24, 2.45) is 0 Å². The van der Waals surface area contributed by atoms with E-state index >= 15 is 0 Å². The second kappa shape index (κ2) is 13.4. The van der Waals surface area contributed by atoms with Crippen LogP contribution in [0, 0.1) is 27.7 Å². The van der Waals surface area contributed by atoms with Gasteiger partial charge >= 0.3 is 0 Å². The van der Waals surface area contributed by atoms with E-state index < -0.39 is 0 Å². The van der Waals surface area contributed by atoms with Crippen molar-refractivity contribution in [3.05, 3.63) is 178 Å². The lowest BCUT2D eigenvalue weighted by molar-refractivity contribution is 0.649. The maximum absolute atomic E-state index is 7.13. The predicted molar refractivity (Wildman–Crippen MR) is 251 cm³/mol. The molecule has 0 saturated carbocycles. The van der Waals surface area contributed by atoms with Crippen LogP contribution in [0.1, 0.15) is 57.3 Å². The van der Waals surface area contributed by atoms with Crippen molar-refractivity contribution in [2.45, 2.75) is 66.2 Å². The Hall–Kier alpha value is -6.78. The summed E-state index contributed by atoms with van der Waals surface area (Å²) >= 11 is 0. The second-order valence-corrected chi connectivity index (χ2v) is 17.4. The summed E-state index contributed by atoms with van der Waals surface area (Å²) < 4.78 is 14.3. The molecule has 4 heteroatoms. The van der Waals surface area contributed by atoms with Gasteiger partial charge in [0.2, 0.25) is 0 Å². The topological polar surface area (TPSA) is 32.8 Å². The first kappa shape index (κ1) is 35.2. The lowest BCUT2D eigenvalue weighted by atomic mass is 9.77. The van der Waals surface area contributed by atoms with Crippen molar-refractivity contribution in [2.75, 3.05) is 9.80 Å². The molecule has 4 nitrogen and oxygen atoms in total. The van der Waals surface area contributed by atoms with Crippen molar-refractivity contribution in [3.8, 4) is 0 Å². The SMILES string of the molecule is Cc1ccc(N(c2ccc(C)cc2)c2ccc3c(c2)oc2c4c5c(c6oc7cc(N(c8ccc(C)cc8)c8ccc(C)cc8)ccc7c6c6c5c(c23)CCC6)CCC4)cc1. The number of fused-ring (bicyclic) bond motifs is 10. The van der Waals surface area contributed by atoms with Gasteiger partial charge in [-0.25, -0.2) is 0 Å². The summed E-state index contributed by atoms with van der Waals surface area (Å²) in [6.07, 6.45) is 6.26. The molecule has 0 saturated heterocycles. The van der Waals surface area contributed by atoms with Crippen LogP contribution in [-0.4, -0.2) is 0 Å². The molecule has 0 bridgehead atoms. The minimum atomic E-state index is 0.946. The molecule has 292 valence electrons. The Morgan fingerprint density at radius 2 is 0.633 bits per heavy atom. The van der Waals surface area contributed by atoms with Crippen molar-refractivity contribution < 1.29 is 8.83 Å². The average Bonchev–Trinajstić information content (AvgIpc) is 3.86. The Labute approximate surface area is 350 Å². The Bertz CT molecular complexity index is 3020. The largest absolute Gasteiger partial charge is 0.456 e. The third-order valence-corrected chi connectivity index (χ3v) is 13.3. The van der Waals surface area contributed by atoms with Crippen molar-refractivity contribution in [1.82, 2.24) is 0 Å². The van der Waals surface area contributed by atoms with Crippen LogP contribution in [0.3, 0.4) is 0 Å². The second-order valence-electron chi connectivity index (χ2n) is 17.4. The molecule has 2 aliphatic carbocycles. The molecule has 0 amide bonds. The van der Waals surface area contributed by atoms with Gasteiger partial charge in [0, 0.05) is 78.9 Å². The fourth-order valence-corrected chi connectivity index (χ4v) is 10.4. The third-order valence-electron chi connectivity index (χ3n) is 13.3. The van der Waals surface area contributed by atoms with Gasteiger partial charge in [-0.2, -0.15) is 0 Å². The van der Waals surface area contributed by atoms with E-state index in [1.54, 1.807) is 0 Å². The molecule has 8 aromatic carbocycles. The van der Waals surface area contributed by atoms with Crippen molar-refractivity contribution in [1.29, 1.82) is 0 Å². The van der Waals surface area contributed by atoms with E-state index in [4.69, 9.17) is 8.83 Å². The Kier molecular flexibility index (Phi) is 7.84. The Morgan fingerprint density at radius 3 is 0.983 bits per heavy atom. The number of anilines is 6. The molecule has 2 heterocycles. The summed E-state index contributed by atoms with van der Waals surface area (Å²) in [5, 5.41) is 7.91. The molecule has 2 aliphatic rings. The quantitative estimate of drug-likeness (QED) is 0.168. The number of rotatable bonds is 6. The minimum Gasteiger partial charge on any atom is -0.456 e. The smallest absolute Gasteiger partial charge is 0.139 e. The van der Waals surface area contributed by atoms with E-state index in [1.807, 2.05) is 0 Å². The molecule has 0 aliphatic heterocycles.